The van der Waals surface area contributed by atoms with E-state index in [0.717, 1.165) is 0 Å². The molecular formula is C25H33N3. The molecule has 0 amide bonds. The van der Waals surface area contributed by atoms with E-state index in [1.54, 1.807) is 11.3 Å². The van der Waals surface area contributed by atoms with Crippen LogP contribution in [-0.4, -0.2) is 28.0 Å². The molecule has 0 N–H and O–H groups in total. The molecule has 3 nitrogen and oxygen atoms in total. The van der Waals surface area contributed by atoms with Gasteiger partial charge in [-0.15, -0.1) is 0 Å². The molecule has 0 aromatic rings. The summed E-state index contributed by atoms with van der Waals surface area (Å²) in [4.78, 5) is 13.4. The van der Waals surface area contributed by atoms with Crippen molar-refractivity contribution in [3.05, 3.63) is 35.2 Å². The predicted octanol–water partition coefficient (Wildman–Crippen LogP) is 6.09. The number of allylic oxidation sites excluding steroid dienone is 5. The van der Waals surface area contributed by atoms with Gasteiger partial charge in [0.2, 0.25) is 0 Å². The van der Waals surface area contributed by atoms with Crippen LogP contribution >= 0.6 is 0 Å². The van der Waals surface area contributed by atoms with Gasteiger partial charge in [0, 0.05) is 11.6 Å². The third-order valence-corrected chi connectivity index (χ3v) is 8.12. The summed E-state index contributed by atoms with van der Waals surface area (Å²) in [5, 5.41) is 0. The van der Waals surface area contributed by atoms with Gasteiger partial charge >= 0.3 is 0 Å². The van der Waals surface area contributed by atoms with Crippen LogP contribution in [0.5, 0.6) is 0 Å². The van der Waals surface area contributed by atoms with Crippen molar-refractivity contribution in [2.45, 2.75) is 102 Å². The molecule has 148 valence electrons. The van der Waals surface area contributed by atoms with Crippen LogP contribution in [0, 0.1) is 5.92 Å². The number of rotatable bonds is 1. The lowest BCUT2D eigenvalue weighted by atomic mass is 9.70. The van der Waals surface area contributed by atoms with Gasteiger partial charge in [-0.3, -0.25) is 9.98 Å². The summed E-state index contributed by atoms with van der Waals surface area (Å²) in [7, 11) is 0. The Labute approximate surface area is 169 Å². The van der Waals surface area contributed by atoms with Crippen LogP contribution in [0.2, 0.25) is 0 Å². The van der Waals surface area contributed by atoms with E-state index in [2.05, 4.69) is 23.1 Å². The number of hydrogen-bond donors (Lipinski definition) is 0. The fourth-order valence-electron chi connectivity index (χ4n) is 6.79. The third-order valence-electron chi connectivity index (χ3n) is 8.12. The van der Waals surface area contributed by atoms with Gasteiger partial charge < -0.3 is 4.90 Å². The summed E-state index contributed by atoms with van der Waals surface area (Å²) in [5.41, 5.74) is 7.22. The molecule has 2 heterocycles. The molecule has 4 aliphatic carbocycles. The molecule has 6 rings (SSSR count). The van der Waals surface area contributed by atoms with E-state index in [1.807, 2.05) is 0 Å². The fourth-order valence-corrected chi connectivity index (χ4v) is 6.79. The summed E-state index contributed by atoms with van der Waals surface area (Å²) in [6.07, 6.45) is 25.4. The topological polar surface area (TPSA) is 28.0 Å². The normalized spacial score (nSPS) is 36.5. The van der Waals surface area contributed by atoms with Crippen molar-refractivity contribution in [2.24, 2.45) is 15.9 Å². The van der Waals surface area contributed by atoms with Gasteiger partial charge in [0.1, 0.15) is 5.66 Å². The monoisotopic (exact) mass is 375 g/mol. The third kappa shape index (κ3) is 2.61. The number of nitrogens with zero attached hydrogens (tertiary/aromatic N) is 3. The van der Waals surface area contributed by atoms with Gasteiger partial charge in [-0.2, -0.15) is 0 Å². The number of aliphatic imine (C=N–C) groups is 2. The highest BCUT2D eigenvalue weighted by atomic mass is 15.4. The second-order valence-electron chi connectivity index (χ2n) is 9.82. The average Bonchev–Trinajstić information content (AvgIpc) is 3.07. The molecule has 0 aromatic carbocycles. The smallest absolute Gasteiger partial charge is 0.139 e. The lowest BCUT2D eigenvalue weighted by Gasteiger charge is -2.52. The lowest BCUT2D eigenvalue weighted by Crippen LogP contribution is -2.53. The van der Waals surface area contributed by atoms with E-state index in [9.17, 15) is 0 Å². The molecule has 28 heavy (non-hydrogen) atoms. The molecule has 6 aliphatic rings. The van der Waals surface area contributed by atoms with Gasteiger partial charge in [0.05, 0.1) is 23.2 Å². The van der Waals surface area contributed by atoms with E-state index in [-0.39, 0.29) is 5.66 Å². The standard InChI is InChI=1S/C25H33N3/c1-2-10-20(11-3-1)26-21-13-14-22-24(17-21)28-23-12-5-4-8-18(23)16-19-9-6-7-15-25(19,28)27-22/h13-14,17,19-20H,1-12,15-16H2/t19-,25+/m0/s1. The van der Waals surface area contributed by atoms with Crippen LogP contribution in [0.25, 0.3) is 0 Å². The number of fused-ring (bicyclic) bond motifs is 3. The van der Waals surface area contributed by atoms with Crippen molar-refractivity contribution in [1.82, 2.24) is 4.90 Å². The minimum absolute atomic E-state index is 0.0280. The molecule has 0 radical (unpaired) electrons. The summed E-state index contributed by atoms with van der Waals surface area (Å²) in [6.45, 7) is 0. The zero-order valence-corrected chi connectivity index (χ0v) is 17.1. The van der Waals surface area contributed by atoms with E-state index in [4.69, 9.17) is 9.98 Å². The molecule has 2 fully saturated rings. The Morgan fingerprint density at radius 3 is 2.71 bits per heavy atom. The quantitative estimate of drug-likeness (QED) is 0.510. The molecular weight excluding hydrogens is 342 g/mol. The maximum absolute atomic E-state index is 5.46. The number of hydrogen-bond acceptors (Lipinski definition) is 3. The van der Waals surface area contributed by atoms with Gasteiger partial charge in [-0.05, 0) is 82.4 Å². The highest BCUT2D eigenvalue weighted by molar-refractivity contribution is 6.22. The van der Waals surface area contributed by atoms with Crippen molar-refractivity contribution in [1.29, 1.82) is 0 Å². The van der Waals surface area contributed by atoms with Gasteiger partial charge in [0.25, 0.3) is 0 Å². The second-order valence-corrected chi connectivity index (χ2v) is 9.82. The molecule has 3 heteroatoms. The van der Waals surface area contributed by atoms with Gasteiger partial charge in [0.15, 0.2) is 0 Å². The molecule has 2 saturated carbocycles. The Kier molecular flexibility index (Phi) is 4.13. The van der Waals surface area contributed by atoms with E-state index in [0.29, 0.717) is 12.0 Å². The lowest BCUT2D eigenvalue weighted by molar-refractivity contribution is 0.0498. The largest absolute Gasteiger partial charge is 0.318 e. The predicted molar refractivity (Wildman–Crippen MR) is 116 cm³/mol. The Hall–Kier alpha value is -1.64. The first-order valence-corrected chi connectivity index (χ1v) is 11.9. The van der Waals surface area contributed by atoms with Crippen LogP contribution < -0.4 is 0 Å². The van der Waals surface area contributed by atoms with E-state index < -0.39 is 0 Å². The summed E-state index contributed by atoms with van der Waals surface area (Å²) in [5.74, 6) is 0.712. The maximum Gasteiger partial charge on any atom is 0.139 e. The van der Waals surface area contributed by atoms with E-state index in [1.165, 1.54) is 107 Å². The van der Waals surface area contributed by atoms with Crippen LogP contribution in [0.1, 0.15) is 89.9 Å². The highest BCUT2D eigenvalue weighted by Crippen LogP contribution is 2.55. The van der Waals surface area contributed by atoms with Crippen molar-refractivity contribution in [3.63, 3.8) is 0 Å². The van der Waals surface area contributed by atoms with Crippen molar-refractivity contribution in [2.75, 3.05) is 0 Å². The fraction of sp³-hybridized carbons (Fsp3) is 0.680. The molecule has 0 bridgehead atoms. The zero-order chi connectivity index (χ0) is 18.6. The molecule has 0 saturated heterocycles. The minimum Gasteiger partial charge on any atom is -0.318 e. The Balaban J connectivity index is 1.42. The first kappa shape index (κ1) is 17.2. The summed E-state index contributed by atoms with van der Waals surface area (Å²) in [6, 6.07) is 0.535. The Morgan fingerprint density at radius 2 is 1.79 bits per heavy atom. The summed E-state index contributed by atoms with van der Waals surface area (Å²) >= 11 is 0. The van der Waals surface area contributed by atoms with Crippen LogP contribution in [-0.2, 0) is 0 Å². The van der Waals surface area contributed by atoms with E-state index >= 15 is 0 Å². The van der Waals surface area contributed by atoms with Crippen molar-refractivity contribution >= 4 is 11.4 Å². The highest BCUT2D eigenvalue weighted by Gasteiger charge is 2.55. The van der Waals surface area contributed by atoms with Gasteiger partial charge in [-0.1, -0.05) is 31.3 Å². The average molecular weight is 376 g/mol. The SMILES string of the molecule is C1=CC2=N[C@@]34CCCC[C@H]3CC3=C(CCCC3)N4C2=CC1=NC1CCCCC1. The van der Waals surface area contributed by atoms with Crippen LogP contribution in [0.4, 0.5) is 0 Å². The Morgan fingerprint density at radius 1 is 0.929 bits per heavy atom. The maximum atomic E-state index is 5.46. The summed E-state index contributed by atoms with van der Waals surface area (Å²) < 4.78 is 0. The first-order chi connectivity index (χ1) is 13.8. The van der Waals surface area contributed by atoms with Crippen LogP contribution in [0.3, 0.4) is 0 Å². The molecule has 0 aromatic heterocycles. The van der Waals surface area contributed by atoms with Crippen molar-refractivity contribution < 1.29 is 0 Å². The zero-order valence-electron chi connectivity index (χ0n) is 17.1. The molecule has 1 spiro atoms. The molecule has 2 aliphatic heterocycles. The molecule has 0 unspecified atom stereocenters. The van der Waals surface area contributed by atoms with Crippen LogP contribution in [0.15, 0.2) is 45.2 Å². The minimum atomic E-state index is 0.0280. The second kappa shape index (κ2) is 6.71. The van der Waals surface area contributed by atoms with Crippen molar-refractivity contribution in [3.8, 4) is 0 Å². The molecule has 2 atom stereocenters. The first-order valence-electron chi connectivity index (χ1n) is 11.9. The Bertz CT molecular complexity index is 821. The van der Waals surface area contributed by atoms with Gasteiger partial charge in [-0.25, -0.2) is 0 Å².